The van der Waals surface area contributed by atoms with Crippen molar-refractivity contribution in [2.75, 3.05) is 0 Å². The van der Waals surface area contributed by atoms with E-state index in [-0.39, 0.29) is 6.04 Å². The van der Waals surface area contributed by atoms with Crippen LogP contribution in [0.3, 0.4) is 0 Å². The SMILES string of the molecule is NC(C1=CCCCC1)c1cccc(Br)c1. The third kappa shape index (κ3) is 2.70. The van der Waals surface area contributed by atoms with E-state index in [1.54, 1.807) is 0 Å². The molecular weight excluding hydrogens is 250 g/mol. The largest absolute Gasteiger partial charge is 0.321 e. The van der Waals surface area contributed by atoms with E-state index >= 15 is 0 Å². The summed E-state index contributed by atoms with van der Waals surface area (Å²) in [5.74, 6) is 0. The lowest BCUT2D eigenvalue weighted by Gasteiger charge is -2.20. The van der Waals surface area contributed by atoms with Gasteiger partial charge in [0.2, 0.25) is 0 Å². The van der Waals surface area contributed by atoms with Crippen LogP contribution in [-0.2, 0) is 0 Å². The van der Waals surface area contributed by atoms with Gasteiger partial charge in [0.15, 0.2) is 0 Å². The monoisotopic (exact) mass is 265 g/mol. The fourth-order valence-electron chi connectivity index (χ4n) is 2.06. The molecule has 15 heavy (non-hydrogen) atoms. The van der Waals surface area contributed by atoms with Crippen molar-refractivity contribution in [3.63, 3.8) is 0 Å². The Balaban J connectivity index is 2.19. The van der Waals surface area contributed by atoms with E-state index in [1.807, 2.05) is 12.1 Å². The van der Waals surface area contributed by atoms with Gasteiger partial charge in [0.25, 0.3) is 0 Å². The van der Waals surface area contributed by atoms with Crippen molar-refractivity contribution in [2.24, 2.45) is 5.73 Å². The number of halogens is 1. The number of benzene rings is 1. The van der Waals surface area contributed by atoms with Crippen LogP contribution in [0.2, 0.25) is 0 Å². The fraction of sp³-hybridized carbons (Fsp3) is 0.385. The van der Waals surface area contributed by atoms with Gasteiger partial charge in [0.05, 0.1) is 6.04 Å². The summed E-state index contributed by atoms with van der Waals surface area (Å²) in [4.78, 5) is 0. The molecule has 1 aliphatic rings. The van der Waals surface area contributed by atoms with Crippen molar-refractivity contribution in [3.05, 3.63) is 46.0 Å². The molecule has 0 saturated carbocycles. The summed E-state index contributed by atoms with van der Waals surface area (Å²) in [6, 6.07) is 8.38. The van der Waals surface area contributed by atoms with E-state index in [2.05, 4.69) is 34.1 Å². The maximum absolute atomic E-state index is 6.25. The molecule has 2 heteroatoms. The second kappa shape index (κ2) is 4.95. The number of nitrogens with two attached hydrogens (primary N) is 1. The molecule has 2 N–H and O–H groups in total. The van der Waals surface area contributed by atoms with Crippen LogP contribution in [0.1, 0.15) is 37.3 Å². The Kier molecular flexibility index (Phi) is 3.60. The maximum atomic E-state index is 6.25. The molecule has 1 aromatic carbocycles. The van der Waals surface area contributed by atoms with Gasteiger partial charge in [-0.1, -0.05) is 39.7 Å². The highest BCUT2D eigenvalue weighted by Gasteiger charge is 2.13. The first-order valence-electron chi connectivity index (χ1n) is 5.47. The normalized spacial score (nSPS) is 18.4. The van der Waals surface area contributed by atoms with Gasteiger partial charge in [-0.15, -0.1) is 0 Å². The predicted molar refractivity (Wildman–Crippen MR) is 67.6 cm³/mol. The molecule has 0 saturated heterocycles. The van der Waals surface area contributed by atoms with Crippen LogP contribution in [0.25, 0.3) is 0 Å². The van der Waals surface area contributed by atoms with E-state index in [9.17, 15) is 0 Å². The van der Waals surface area contributed by atoms with Crippen molar-refractivity contribution in [3.8, 4) is 0 Å². The van der Waals surface area contributed by atoms with Crippen LogP contribution in [-0.4, -0.2) is 0 Å². The summed E-state index contributed by atoms with van der Waals surface area (Å²) < 4.78 is 1.10. The first-order chi connectivity index (χ1) is 7.27. The van der Waals surface area contributed by atoms with Crippen molar-refractivity contribution in [1.29, 1.82) is 0 Å². The summed E-state index contributed by atoms with van der Waals surface area (Å²) in [6.07, 6.45) is 7.27. The quantitative estimate of drug-likeness (QED) is 0.806. The Labute approximate surface area is 99.5 Å². The minimum Gasteiger partial charge on any atom is -0.321 e. The molecule has 0 heterocycles. The molecule has 1 atom stereocenters. The summed E-state index contributed by atoms with van der Waals surface area (Å²) in [5, 5.41) is 0. The molecule has 0 spiro atoms. The van der Waals surface area contributed by atoms with E-state index in [4.69, 9.17) is 5.73 Å². The van der Waals surface area contributed by atoms with Crippen LogP contribution < -0.4 is 5.73 Å². The predicted octanol–water partition coefficient (Wildman–Crippen LogP) is 3.95. The molecule has 0 amide bonds. The van der Waals surface area contributed by atoms with E-state index in [1.165, 1.54) is 30.4 Å². The van der Waals surface area contributed by atoms with Crippen LogP contribution >= 0.6 is 15.9 Å². The average molecular weight is 266 g/mol. The van der Waals surface area contributed by atoms with Crippen LogP contribution in [0, 0.1) is 0 Å². The molecule has 0 radical (unpaired) electrons. The molecule has 0 fully saturated rings. The van der Waals surface area contributed by atoms with E-state index in [0.29, 0.717) is 0 Å². The molecule has 80 valence electrons. The standard InChI is InChI=1S/C13H16BrN/c14-12-8-4-7-11(9-12)13(15)10-5-2-1-3-6-10/h4-5,7-9,13H,1-3,6,15H2. The second-order valence-corrected chi connectivity index (χ2v) is 4.97. The number of hydrogen-bond donors (Lipinski definition) is 1. The Hall–Kier alpha value is -0.600. The molecule has 0 aliphatic heterocycles. The number of hydrogen-bond acceptors (Lipinski definition) is 1. The lowest BCUT2D eigenvalue weighted by molar-refractivity contribution is 0.648. The minimum absolute atomic E-state index is 0.0859. The van der Waals surface area contributed by atoms with Crippen LogP contribution in [0.5, 0.6) is 0 Å². The Morgan fingerprint density at radius 3 is 2.80 bits per heavy atom. The lowest BCUT2D eigenvalue weighted by Crippen LogP contribution is -2.14. The average Bonchev–Trinajstić information content (AvgIpc) is 2.29. The van der Waals surface area contributed by atoms with Crippen molar-refractivity contribution in [1.82, 2.24) is 0 Å². The van der Waals surface area contributed by atoms with Crippen LogP contribution in [0.15, 0.2) is 40.4 Å². The Bertz CT molecular complexity index is 371. The third-order valence-corrected chi connectivity index (χ3v) is 3.43. The van der Waals surface area contributed by atoms with Gasteiger partial charge in [-0.2, -0.15) is 0 Å². The van der Waals surface area contributed by atoms with E-state index < -0.39 is 0 Å². The molecule has 0 aromatic heterocycles. The van der Waals surface area contributed by atoms with Gasteiger partial charge in [-0.05, 0) is 43.4 Å². The van der Waals surface area contributed by atoms with Gasteiger partial charge in [-0.25, -0.2) is 0 Å². The molecule has 1 unspecified atom stereocenters. The molecule has 0 bridgehead atoms. The molecule has 1 aliphatic carbocycles. The molecule has 1 nitrogen and oxygen atoms in total. The highest BCUT2D eigenvalue weighted by Crippen LogP contribution is 2.28. The molecule has 1 aromatic rings. The van der Waals surface area contributed by atoms with Gasteiger partial charge in [0.1, 0.15) is 0 Å². The summed E-state index contributed by atoms with van der Waals surface area (Å²) >= 11 is 3.48. The zero-order valence-electron chi connectivity index (χ0n) is 8.75. The highest BCUT2D eigenvalue weighted by atomic mass is 79.9. The fourth-order valence-corrected chi connectivity index (χ4v) is 2.48. The summed E-state index contributed by atoms with van der Waals surface area (Å²) in [5.41, 5.74) is 8.86. The van der Waals surface area contributed by atoms with Crippen molar-refractivity contribution < 1.29 is 0 Å². The number of allylic oxidation sites excluding steroid dienone is 1. The summed E-state index contributed by atoms with van der Waals surface area (Å²) in [6.45, 7) is 0. The van der Waals surface area contributed by atoms with Crippen molar-refractivity contribution >= 4 is 15.9 Å². The first kappa shape index (κ1) is 10.9. The summed E-state index contributed by atoms with van der Waals surface area (Å²) in [7, 11) is 0. The highest BCUT2D eigenvalue weighted by molar-refractivity contribution is 9.10. The van der Waals surface area contributed by atoms with Crippen molar-refractivity contribution in [2.45, 2.75) is 31.7 Å². The zero-order chi connectivity index (χ0) is 10.7. The minimum atomic E-state index is 0.0859. The third-order valence-electron chi connectivity index (χ3n) is 2.93. The van der Waals surface area contributed by atoms with Crippen LogP contribution in [0.4, 0.5) is 0 Å². The van der Waals surface area contributed by atoms with Gasteiger partial charge in [-0.3, -0.25) is 0 Å². The van der Waals surface area contributed by atoms with E-state index in [0.717, 1.165) is 10.9 Å². The second-order valence-electron chi connectivity index (χ2n) is 4.06. The Morgan fingerprint density at radius 2 is 2.13 bits per heavy atom. The number of rotatable bonds is 2. The van der Waals surface area contributed by atoms with Gasteiger partial charge >= 0.3 is 0 Å². The smallest absolute Gasteiger partial charge is 0.0511 e. The van der Waals surface area contributed by atoms with Gasteiger partial charge in [0, 0.05) is 4.47 Å². The van der Waals surface area contributed by atoms with Gasteiger partial charge < -0.3 is 5.73 Å². The molecule has 2 rings (SSSR count). The first-order valence-corrected chi connectivity index (χ1v) is 6.26. The zero-order valence-corrected chi connectivity index (χ0v) is 10.3. The lowest BCUT2D eigenvalue weighted by atomic mass is 9.90. The molecular formula is C13H16BrN. The Morgan fingerprint density at radius 1 is 1.27 bits per heavy atom. The maximum Gasteiger partial charge on any atom is 0.0511 e. The topological polar surface area (TPSA) is 26.0 Å².